The third-order valence-corrected chi connectivity index (χ3v) is 7.69. The number of aromatic nitrogens is 2. The Bertz CT molecular complexity index is 1600. The van der Waals surface area contributed by atoms with E-state index in [1.165, 1.54) is 12.1 Å². The Kier molecular flexibility index (Phi) is 6.06. The number of anilines is 1. The number of carbonyl (C=O) groups is 2. The highest BCUT2D eigenvalue weighted by molar-refractivity contribution is 6.08. The van der Waals surface area contributed by atoms with Gasteiger partial charge in [-0.1, -0.05) is 61.9 Å². The first-order valence-electron chi connectivity index (χ1n) is 13.3. The van der Waals surface area contributed by atoms with E-state index in [1.807, 2.05) is 72.4 Å². The number of nitrogens with zero attached hydrogens (tertiary/aromatic N) is 3. The number of halogens is 1. The van der Waals surface area contributed by atoms with E-state index in [-0.39, 0.29) is 29.3 Å². The van der Waals surface area contributed by atoms with Crippen molar-refractivity contribution in [2.45, 2.75) is 46.0 Å². The van der Waals surface area contributed by atoms with Gasteiger partial charge in [-0.25, -0.2) is 9.07 Å². The molecule has 6 heteroatoms. The molecule has 1 unspecified atom stereocenters. The molecule has 1 atom stereocenters. The molecule has 3 aromatic carbocycles. The quantitative estimate of drug-likeness (QED) is 0.288. The number of rotatable bonds is 4. The zero-order chi connectivity index (χ0) is 27.3. The molecule has 1 aliphatic carbocycles. The number of benzene rings is 3. The largest absolute Gasteiger partial charge is 0.294 e. The van der Waals surface area contributed by atoms with Gasteiger partial charge in [-0.05, 0) is 55.2 Å². The van der Waals surface area contributed by atoms with Crippen LogP contribution in [0.1, 0.15) is 50.2 Å². The number of ketones is 1. The fourth-order valence-electron chi connectivity index (χ4n) is 5.86. The molecule has 1 aliphatic heterocycles. The molecule has 0 fully saturated rings. The number of hydrogen-bond acceptors (Lipinski definition) is 3. The maximum atomic E-state index is 13.9. The van der Waals surface area contributed by atoms with E-state index in [0.717, 1.165) is 28.1 Å². The molecule has 0 spiro atoms. The van der Waals surface area contributed by atoms with Crippen molar-refractivity contribution in [3.05, 3.63) is 113 Å². The standard InChI is InChI=1S/C33H30FN3O2/c1-21-9-11-22(12-10-21)32-27(20-36(35-32)24-7-5-4-6-8-24)26-17-30(39)37(25-15-13-23(34)14-16-25)28-18-33(2,3)19-29(38)31(26)28/h4-16,20,26H,17-19H2,1-3H3. The van der Waals surface area contributed by atoms with Crippen LogP contribution in [0.5, 0.6) is 0 Å². The summed E-state index contributed by atoms with van der Waals surface area (Å²) in [5.74, 6) is -0.862. The average Bonchev–Trinajstić information content (AvgIpc) is 3.35. The normalized spacial score (nSPS) is 18.9. The van der Waals surface area contributed by atoms with Gasteiger partial charge in [0.25, 0.3) is 0 Å². The molecule has 2 aliphatic rings. The number of para-hydroxylation sites is 1. The van der Waals surface area contributed by atoms with Crippen molar-refractivity contribution >= 4 is 17.4 Å². The van der Waals surface area contributed by atoms with Crippen molar-refractivity contribution in [1.29, 1.82) is 0 Å². The van der Waals surface area contributed by atoms with Crippen LogP contribution in [-0.2, 0) is 9.59 Å². The lowest BCUT2D eigenvalue weighted by atomic mass is 9.69. The van der Waals surface area contributed by atoms with Crippen molar-refractivity contribution in [2.24, 2.45) is 5.41 Å². The molecule has 0 N–H and O–H groups in total. The molecule has 39 heavy (non-hydrogen) atoms. The van der Waals surface area contributed by atoms with Crippen molar-refractivity contribution in [3.63, 3.8) is 0 Å². The van der Waals surface area contributed by atoms with Crippen LogP contribution in [0.3, 0.4) is 0 Å². The predicted molar refractivity (Wildman–Crippen MR) is 150 cm³/mol. The van der Waals surface area contributed by atoms with Gasteiger partial charge in [0, 0.05) is 53.0 Å². The molecule has 1 aromatic heterocycles. The molecular formula is C33H30FN3O2. The topological polar surface area (TPSA) is 55.2 Å². The molecule has 0 saturated carbocycles. The lowest BCUT2D eigenvalue weighted by molar-refractivity contribution is -0.121. The maximum absolute atomic E-state index is 13.9. The Hall–Kier alpha value is -4.32. The van der Waals surface area contributed by atoms with E-state index in [1.54, 1.807) is 17.0 Å². The van der Waals surface area contributed by atoms with Crippen LogP contribution in [0.25, 0.3) is 16.9 Å². The van der Waals surface area contributed by atoms with Crippen LogP contribution < -0.4 is 4.90 Å². The maximum Gasteiger partial charge on any atom is 0.232 e. The molecule has 0 saturated heterocycles. The van der Waals surface area contributed by atoms with E-state index < -0.39 is 5.92 Å². The van der Waals surface area contributed by atoms with Crippen LogP contribution in [0.15, 0.2) is 96.3 Å². The van der Waals surface area contributed by atoms with E-state index in [4.69, 9.17) is 5.10 Å². The fraction of sp³-hybridized carbons (Fsp3) is 0.242. The smallest absolute Gasteiger partial charge is 0.232 e. The highest BCUT2D eigenvalue weighted by atomic mass is 19.1. The first-order valence-corrected chi connectivity index (χ1v) is 13.3. The summed E-state index contributed by atoms with van der Waals surface area (Å²) in [7, 11) is 0. The first-order chi connectivity index (χ1) is 18.7. The van der Waals surface area contributed by atoms with Gasteiger partial charge in [-0.3, -0.25) is 14.5 Å². The molecule has 0 bridgehead atoms. The third-order valence-electron chi connectivity index (χ3n) is 7.69. The van der Waals surface area contributed by atoms with Crippen LogP contribution in [-0.4, -0.2) is 21.5 Å². The summed E-state index contributed by atoms with van der Waals surface area (Å²) in [6.45, 7) is 6.14. The minimum atomic E-state index is -0.429. The summed E-state index contributed by atoms with van der Waals surface area (Å²) in [5, 5.41) is 4.97. The van der Waals surface area contributed by atoms with Crippen molar-refractivity contribution in [3.8, 4) is 16.9 Å². The Morgan fingerprint density at radius 1 is 0.872 bits per heavy atom. The second-order valence-corrected chi connectivity index (χ2v) is 11.3. The van der Waals surface area contributed by atoms with Gasteiger partial charge in [-0.15, -0.1) is 0 Å². The SMILES string of the molecule is Cc1ccc(-c2nn(-c3ccccc3)cc2C2CC(=O)N(c3ccc(F)cc3)C3=C2C(=O)CC(C)(C)C3)cc1. The van der Waals surface area contributed by atoms with Gasteiger partial charge in [0.2, 0.25) is 5.91 Å². The van der Waals surface area contributed by atoms with Gasteiger partial charge in [0.1, 0.15) is 5.82 Å². The van der Waals surface area contributed by atoms with Crippen LogP contribution in [0.2, 0.25) is 0 Å². The van der Waals surface area contributed by atoms with Crippen LogP contribution in [0, 0.1) is 18.2 Å². The number of aryl methyl sites for hydroxylation is 1. The summed E-state index contributed by atoms with van der Waals surface area (Å²) in [6, 6.07) is 23.9. The van der Waals surface area contributed by atoms with E-state index in [2.05, 4.69) is 13.8 Å². The zero-order valence-electron chi connectivity index (χ0n) is 22.3. The third kappa shape index (κ3) is 4.60. The number of Topliss-reactive ketones (excluding diaryl/α,β-unsaturated/α-hetero) is 1. The molecule has 196 valence electrons. The van der Waals surface area contributed by atoms with Gasteiger partial charge < -0.3 is 0 Å². The Morgan fingerprint density at radius 2 is 1.56 bits per heavy atom. The summed E-state index contributed by atoms with van der Waals surface area (Å²) < 4.78 is 15.6. The highest BCUT2D eigenvalue weighted by Crippen LogP contribution is 2.49. The zero-order valence-corrected chi connectivity index (χ0v) is 22.3. The molecule has 4 aromatic rings. The molecular weight excluding hydrogens is 489 g/mol. The Morgan fingerprint density at radius 3 is 2.26 bits per heavy atom. The monoisotopic (exact) mass is 519 g/mol. The summed E-state index contributed by atoms with van der Waals surface area (Å²) in [5.41, 5.74) is 6.25. The van der Waals surface area contributed by atoms with Crippen molar-refractivity contribution in [2.75, 3.05) is 4.90 Å². The second kappa shape index (κ2) is 9.45. The van der Waals surface area contributed by atoms with E-state index in [9.17, 15) is 14.0 Å². The van der Waals surface area contributed by atoms with E-state index >= 15 is 0 Å². The fourth-order valence-corrected chi connectivity index (χ4v) is 5.86. The highest BCUT2D eigenvalue weighted by Gasteiger charge is 2.45. The van der Waals surface area contributed by atoms with Crippen molar-refractivity contribution in [1.82, 2.24) is 9.78 Å². The van der Waals surface area contributed by atoms with Gasteiger partial charge in [0.05, 0.1) is 11.4 Å². The van der Waals surface area contributed by atoms with Gasteiger partial charge >= 0.3 is 0 Å². The lowest BCUT2D eigenvalue weighted by Crippen LogP contribution is -2.43. The van der Waals surface area contributed by atoms with Crippen molar-refractivity contribution < 1.29 is 14.0 Å². The minimum Gasteiger partial charge on any atom is -0.294 e. The minimum absolute atomic E-state index is 0.0492. The molecule has 1 amide bonds. The predicted octanol–water partition coefficient (Wildman–Crippen LogP) is 7.15. The number of amides is 1. The summed E-state index contributed by atoms with van der Waals surface area (Å²) in [6.07, 6.45) is 3.07. The van der Waals surface area contributed by atoms with Crippen LogP contribution >= 0.6 is 0 Å². The average molecular weight is 520 g/mol. The summed E-state index contributed by atoms with van der Waals surface area (Å²) >= 11 is 0. The number of hydrogen-bond donors (Lipinski definition) is 0. The second-order valence-electron chi connectivity index (χ2n) is 11.3. The molecule has 2 heterocycles. The Labute approximate surface area is 227 Å². The Balaban J connectivity index is 1.56. The molecule has 6 rings (SSSR count). The lowest BCUT2D eigenvalue weighted by Gasteiger charge is -2.42. The van der Waals surface area contributed by atoms with Gasteiger partial charge in [0.15, 0.2) is 5.78 Å². The number of carbonyl (C=O) groups excluding carboxylic acids is 2. The molecule has 5 nitrogen and oxygen atoms in total. The molecule has 0 radical (unpaired) electrons. The van der Waals surface area contributed by atoms with Crippen LogP contribution in [0.4, 0.5) is 10.1 Å². The first kappa shape index (κ1) is 25.0. The number of allylic oxidation sites excluding steroid dienone is 2. The van der Waals surface area contributed by atoms with E-state index in [0.29, 0.717) is 29.8 Å². The summed E-state index contributed by atoms with van der Waals surface area (Å²) in [4.78, 5) is 29.4. The van der Waals surface area contributed by atoms with Gasteiger partial charge in [-0.2, -0.15) is 5.10 Å².